The molecule has 0 heterocycles. The Bertz CT molecular complexity index is 234. The molecule has 4 heteroatoms. The molecule has 0 amide bonds. The van der Waals surface area contributed by atoms with Gasteiger partial charge in [0.25, 0.3) is 0 Å². The number of aliphatic carboxylic acids is 1. The van der Waals surface area contributed by atoms with Crippen LogP contribution < -0.4 is 5.32 Å². The van der Waals surface area contributed by atoms with Crippen LogP contribution in [0.1, 0.15) is 78.1 Å². The predicted octanol–water partition coefficient (Wildman–Crippen LogP) is 3.99. The zero-order chi connectivity index (χ0) is 15.8. The second kappa shape index (κ2) is 15.8. The third-order valence-electron chi connectivity index (χ3n) is 3.70. The summed E-state index contributed by atoms with van der Waals surface area (Å²) in [6, 6.07) is 0. The minimum Gasteiger partial charge on any atom is -0.479 e. The van der Waals surface area contributed by atoms with Crippen molar-refractivity contribution in [2.75, 3.05) is 19.7 Å². The van der Waals surface area contributed by atoms with Crippen LogP contribution in [0, 0.1) is 0 Å². The molecule has 0 radical (unpaired) electrons. The van der Waals surface area contributed by atoms with Gasteiger partial charge in [-0.25, -0.2) is 4.79 Å². The lowest BCUT2D eigenvalue weighted by Gasteiger charge is -2.09. The van der Waals surface area contributed by atoms with Gasteiger partial charge in [-0.2, -0.15) is 0 Å². The van der Waals surface area contributed by atoms with Crippen LogP contribution in [0.15, 0.2) is 0 Å². The summed E-state index contributed by atoms with van der Waals surface area (Å²) in [4.78, 5) is 10.5. The summed E-state index contributed by atoms with van der Waals surface area (Å²) >= 11 is 0. The largest absolute Gasteiger partial charge is 0.479 e. The molecular weight excluding hydrogens is 266 g/mol. The molecule has 4 nitrogen and oxygen atoms in total. The van der Waals surface area contributed by atoms with E-state index in [0.717, 1.165) is 13.1 Å². The smallest absolute Gasteiger partial charge is 0.332 e. The standard InChI is InChI=1S/C17H35NO3/c1-3-4-5-6-7-8-9-10-11-12-13-18-14-15-21-16(2)17(19)20/h16,18H,3-15H2,1-2H3,(H,19,20). The van der Waals surface area contributed by atoms with Crippen molar-refractivity contribution in [3.63, 3.8) is 0 Å². The number of hydrogen-bond acceptors (Lipinski definition) is 3. The molecule has 1 unspecified atom stereocenters. The number of carbonyl (C=O) groups is 1. The second-order valence-electron chi connectivity index (χ2n) is 5.78. The molecule has 0 saturated heterocycles. The lowest BCUT2D eigenvalue weighted by molar-refractivity contribution is -0.148. The fourth-order valence-electron chi connectivity index (χ4n) is 2.24. The first kappa shape index (κ1) is 20.4. The van der Waals surface area contributed by atoms with E-state index in [2.05, 4.69) is 12.2 Å². The van der Waals surface area contributed by atoms with Crippen LogP contribution in [0.3, 0.4) is 0 Å². The number of nitrogens with one attached hydrogen (secondary N) is 1. The Labute approximate surface area is 130 Å². The second-order valence-corrected chi connectivity index (χ2v) is 5.78. The maximum Gasteiger partial charge on any atom is 0.332 e. The summed E-state index contributed by atoms with van der Waals surface area (Å²) in [7, 11) is 0. The van der Waals surface area contributed by atoms with Crippen molar-refractivity contribution in [3.8, 4) is 0 Å². The maximum atomic E-state index is 10.5. The van der Waals surface area contributed by atoms with Gasteiger partial charge in [-0.05, 0) is 19.9 Å². The SMILES string of the molecule is CCCCCCCCCCCCNCCOC(C)C(=O)O. The number of carboxylic acid groups (broad SMARTS) is 1. The predicted molar refractivity (Wildman–Crippen MR) is 87.8 cm³/mol. The lowest BCUT2D eigenvalue weighted by Crippen LogP contribution is -2.26. The molecule has 0 aromatic carbocycles. The van der Waals surface area contributed by atoms with Crippen LogP contribution in [-0.2, 0) is 9.53 Å². The fourth-order valence-corrected chi connectivity index (χ4v) is 2.24. The Morgan fingerprint density at radius 2 is 1.48 bits per heavy atom. The molecular formula is C17H35NO3. The van der Waals surface area contributed by atoms with E-state index in [1.807, 2.05) is 0 Å². The van der Waals surface area contributed by atoms with Crippen LogP contribution in [0.5, 0.6) is 0 Å². The molecule has 21 heavy (non-hydrogen) atoms. The van der Waals surface area contributed by atoms with Gasteiger partial charge in [-0.3, -0.25) is 0 Å². The molecule has 0 aliphatic heterocycles. The average molecular weight is 301 g/mol. The van der Waals surface area contributed by atoms with Gasteiger partial charge in [-0.1, -0.05) is 64.7 Å². The molecule has 2 N–H and O–H groups in total. The van der Waals surface area contributed by atoms with E-state index in [-0.39, 0.29) is 0 Å². The molecule has 0 aliphatic rings. The van der Waals surface area contributed by atoms with Gasteiger partial charge in [0.05, 0.1) is 6.61 Å². The number of unbranched alkanes of at least 4 members (excludes halogenated alkanes) is 9. The highest BCUT2D eigenvalue weighted by atomic mass is 16.5. The Morgan fingerprint density at radius 1 is 0.952 bits per heavy atom. The van der Waals surface area contributed by atoms with Crippen LogP contribution in [0.4, 0.5) is 0 Å². The molecule has 0 aliphatic carbocycles. The van der Waals surface area contributed by atoms with E-state index in [9.17, 15) is 4.79 Å². The van der Waals surface area contributed by atoms with E-state index < -0.39 is 12.1 Å². The topological polar surface area (TPSA) is 58.6 Å². The summed E-state index contributed by atoms with van der Waals surface area (Å²) in [5.74, 6) is -0.898. The first-order chi connectivity index (χ1) is 10.2. The molecule has 0 bridgehead atoms. The average Bonchev–Trinajstić information content (AvgIpc) is 2.47. The van der Waals surface area contributed by atoms with Crippen molar-refractivity contribution in [2.45, 2.75) is 84.2 Å². The van der Waals surface area contributed by atoms with Crippen LogP contribution in [-0.4, -0.2) is 36.9 Å². The summed E-state index contributed by atoms with van der Waals surface area (Å²) in [5, 5.41) is 11.9. The van der Waals surface area contributed by atoms with Gasteiger partial charge >= 0.3 is 5.97 Å². The highest BCUT2D eigenvalue weighted by Gasteiger charge is 2.09. The number of carboxylic acids is 1. The Balaban J connectivity index is 3.04. The van der Waals surface area contributed by atoms with Crippen LogP contribution >= 0.6 is 0 Å². The minimum absolute atomic E-state index is 0.464. The molecule has 0 aromatic rings. The van der Waals surface area contributed by atoms with E-state index >= 15 is 0 Å². The quantitative estimate of drug-likeness (QED) is 0.423. The van der Waals surface area contributed by atoms with Crippen LogP contribution in [0.25, 0.3) is 0 Å². The summed E-state index contributed by atoms with van der Waals surface area (Å²) in [6.45, 7) is 6.01. The third-order valence-corrected chi connectivity index (χ3v) is 3.70. The number of ether oxygens (including phenoxy) is 1. The minimum atomic E-state index is -0.898. The first-order valence-electron chi connectivity index (χ1n) is 8.73. The molecule has 0 fully saturated rings. The Hall–Kier alpha value is -0.610. The normalized spacial score (nSPS) is 12.5. The molecule has 1 atom stereocenters. The van der Waals surface area contributed by atoms with Crippen molar-refractivity contribution in [1.29, 1.82) is 0 Å². The summed E-state index contributed by atoms with van der Waals surface area (Å²) in [5.41, 5.74) is 0. The van der Waals surface area contributed by atoms with Gasteiger partial charge in [0.1, 0.15) is 0 Å². The highest BCUT2D eigenvalue weighted by Crippen LogP contribution is 2.10. The highest BCUT2D eigenvalue weighted by molar-refractivity contribution is 5.71. The Kier molecular flexibility index (Phi) is 15.3. The van der Waals surface area contributed by atoms with Gasteiger partial charge < -0.3 is 15.2 Å². The fraction of sp³-hybridized carbons (Fsp3) is 0.941. The molecule has 0 aromatic heterocycles. The van der Waals surface area contributed by atoms with Gasteiger partial charge in [-0.15, -0.1) is 0 Å². The summed E-state index contributed by atoms with van der Waals surface area (Å²) in [6.07, 6.45) is 12.8. The number of rotatable bonds is 16. The summed E-state index contributed by atoms with van der Waals surface area (Å²) < 4.78 is 5.14. The van der Waals surface area contributed by atoms with Crippen molar-refractivity contribution in [3.05, 3.63) is 0 Å². The van der Waals surface area contributed by atoms with E-state index in [1.54, 1.807) is 6.92 Å². The van der Waals surface area contributed by atoms with Crippen LogP contribution in [0.2, 0.25) is 0 Å². The van der Waals surface area contributed by atoms with E-state index in [4.69, 9.17) is 9.84 Å². The van der Waals surface area contributed by atoms with E-state index in [0.29, 0.717) is 6.61 Å². The first-order valence-corrected chi connectivity index (χ1v) is 8.73. The lowest BCUT2D eigenvalue weighted by atomic mass is 10.1. The van der Waals surface area contributed by atoms with E-state index in [1.165, 1.54) is 64.2 Å². The van der Waals surface area contributed by atoms with Crippen molar-refractivity contribution >= 4 is 5.97 Å². The Morgan fingerprint density at radius 3 is 2.00 bits per heavy atom. The van der Waals surface area contributed by atoms with Gasteiger partial charge in [0, 0.05) is 6.54 Å². The van der Waals surface area contributed by atoms with Crippen molar-refractivity contribution < 1.29 is 14.6 Å². The molecule has 0 spiro atoms. The molecule has 126 valence electrons. The third kappa shape index (κ3) is 15.6. The zero-order valence-electron chi connectivity index (χ0n) is 14.0. The zero-order valence-corrected chi connectivity index (χ0v) is 14.0. The van der Waals surface area contributed by atoms with Crippen molar-refractivity contribution in [1.82, 2.24) is 5.32 Å². The van der Waals surface area contributed by atoms with Gasteiger partial charge in [0.15, 0.2) is 6.10 Å². The monoisotopic (exact) mass is 301 g/mol. The molecule has 0 saturated carbocycles. The van der Waals surface area contributed by atoms with Crippen molar-refractivity contribution in [2.24, 2.45) is 0 Å². The van der Waals surface area contributed by atoms with Gasteiger partial charge in [0.2, 0.25) is 0 Å². The maximum absolute atomic E-state index is 10.5. The number of hydrogen-bond donors (Lipinski definition) is 2. The molecule has 0 rings (SSSR count).